The van der Waals surface area contributed by atoms with Gasteiger partial charge in [0.1, 0.15) is 17.9 Å². The number of carbonyl (C=O) groups is 1. The van der Waals surface area contributed by atoms with E-state index >= 15 is 0 Å². The van der Waals surface area contributed by atoms with Crippen LogP contribution in [0.5, 0.6) is 0 Å². The van der Waals surface area contributed by atoms with Crippen LogP contribution >= 0.6 is 11.6 Å². The number of hydrogen-bond acceptors (Lipinski definition) is 6. The van der Waals surface area contributed by atoms with Crippen LogP contribution < -0.4 is 10.6 Å². The van der Waals surface area contributed by atoms with Crippen molar-refractivity contribution in [3.63, 3.8) is 0 Å². The summed E-state index contributed by atoms with van der Waals surface area (Å²) in [6.07, 6.45) is -3.01. The number of ether oxygens (including phenoxy) is 1. The average molecular weight is 483 g/mol. The molecular weight excluding hydrogens is 456 g/mol. The first-order valence-electron chi connectivity index (χ1n) is 11.0. The normalized spacial score (nSPS) is 22.9. The third-order valence-corrected chi connectivity index (χ3v) is 6.30. The molecule has 1 unspecified atom stereocenters. The molecule has 0 spiro atoms. The topological polar surface area (TPSA) is 111 Å². The van der Waals surface area contributed by atoms with Crippen LogP contribution in [0, 0.1) is 0 Å². The lowest BCUT2D eigenvalue weighted by atomic mass is 9.96. The molecule has 5 N–H and O–H groups in total. The van der Waals surface area contributed by atoms with Crippen LogP contribution in [0.1, 0.15) is 22.1 Å². The summed E-state index contributed by atoms with van der Waals surface area (Å²) in [5, 5.41) is 37.7. The molecule has 1 aliphatic heterocycles. The first-order chi connectivity index (χ1) is 16.4. The van der Waals surface area contributed by atoms with Gasteiger partial charge in [-0.3, -0.25) is 10.1 Å². The predicted molar refractivity (Wildman–Crippen MR) is 129 cm³/mol. The lowest BCUT2D eigenvalue weighted by Crippen LogP contribution is -2.53. The lowest BCUT2D eigenvalue weighted by Gasteiger charge is -2.27. The summed E-state index contributed by atoms with van der Waals surface area (Å²) in [6.45, 7) is -0.271. The molecule has 0 aliphatic carbocycles. The van der Waals surface area contributed by atoms with E-state index in [0.717, 1.165) is 11.1 Å². The first kappa shape index (κ1) is 24.3. The lowest BCUT2D eigenvalue weighted by molar-refractivity contribution is -0.0477. The first-order valence-corrected chi connectivity index (χ1v) is 11.4. The molecule has 34 heavy (non-hydrogen) atoms. The Morgan fingerprint density at radius 1 is 1.03 bits per heavy atom. The van der Waals surface area contributed by atoms with Gasteiger partial charge in [0, 0.05) is 6.54 Å². The van der Waals surface area contributed by atoms with Crippen molar-refractivity contribution in [2.75, 3.05) is 19.7 Å². The summed E-state index contributed by atoms with van der Waals surface area (Å²) >= 11 is 6.03. The van der Waals surface area contributed by atoms with E-state index in [0.29, 0.717) is 10.6 Å². The van der Waals surface area contributed by atoms with Crippen molar-refractivity contribution in [2.24, 2.45) is 0 Å². The van der Waals surface area contributed by atoms with Crippen LogP contribution in [0.3, 0.4) is 0 Å². The summed E-state index contributed by atoms with van der Waals surface area (Å²) in [5.74, 6) is -0.456. The fourth-order valence-electron chi connectivity index (χ4n) is 3.91. The van der Waals surface area contributed by atoms with E-state index in [1.54, 1.807) is 24.3 Å². The van der Waals surface area contributed by atoms with Gasteiger partial charge in [0.2, 0.25) is 0 Å². The highest BCUT2D eigenvalue weighted by Crippen LogP contribution is 2.26. The van der Waals surface area contributed by atoms with Gasteiger partial charge in [0.25, 0.3) is 5.91 Å². The quantitative estimate of drug-likeness (QED) is 0.315. The van der Waals surface area contributed by atoms with Gasteiger partial charge in [-0.1, -0.05) is 78.3 Å². The molecule has 8 heteroatoms. The van der Waals surface area contributed by atoms with Crippen molar-refractivity contribution in [1.29, 1.82) is 0 Å². The fourth-order valence-corrected chi connectivity index (χ4v) is 4.13. The highest BCUT2D eigenvalue weighted by Gasteiger charge is 2.48. The molecule has 1 fully saturated rings. The van der Waals surface area contributed by atoms with E-state index in [1.807, 2.05) is 54.6 Å². The summed E-state index contributed by atoms with van der Waals surface area (Å²) in [5.41, 5.74) is 1.40. The SMILES string of the molecule is O=C(NC[C@]1(O)CO[C@H](CNC(O)c2ccc(-c3ccccc3)cc2)[C@H]1O)c1ccccc1Cl. The number of aliphatic hydroxyl groups excluding tert-OH is 2. The smallest absolute Gasteiger partial charge is 0.252 e. The molecule has 3 aromatic carbocycles. The molecule has 0 aromatic heterocycles. The molecule has 0 radical (unpaired) electrons. The Labute approximate surface area is 203 Å². The van der Waals surface area contributed by atoms with Gasteiger partial charge in [-0.2, -0.15) is 0 Å². The molecule has 1 aliphatic rings. The van der Waals surface area contributed by atoms with Gasteiger partial charge in [0.15, 0.2) is 0 Å². The average Bonchev–Trinajstić information content (AvgIpc) is 3.15. The zero-order chi connectivity index (χ0) is 24.1. The standard InChI is InChI=1S/C26H27ClN2O5/c27-21-9-5-4-8-20(21)25(32)29-15-26(33)16-34-22(23(26)30)14-28-24(31)19-12-10-18(11-13-19)17-6-2-1-3-7-17/h1-13,22-24,28,30-31,33H,14-16H2,(H,29,32)/t22-,23-,24?,26+/m1/s1. The summed E-state index contributed by atoms with van der Waals surface area (Å²) in [4.78, 5) is 12.4. The molecule has 1 heterocycles. The molecule has 0 saturated carbocycles. The number of aliphatic hydroxyl groups is 3. The Bertz CT molecular complexity index is 1110. The number of hydrogen-bond donors (Lipinski definition) is 5. The Balaban J connectivity index is 1.29. The zero-order valence-electron chi connectivity index (χ0n) is 18.4. The highest BCUT2D eigenvalue weighted by molar-refractivity contribution is 6.33. The van der Waals surface area contributed by atoms with Crippen molar-refractivity contribution >= 4 is 17.5 Å². The van der Waals surface area contributed by atoms with Gasteiger partial charge in [-0.05, 0) is 28.8 Å². The van der Waals surface area contributed by atoms with Crippen LogP contribution in [0.25, 0.3) is 11.1 Å². The molecule has 7 nitrogen and oxygen atoms in total. The predicted octanol–water partition coefficient (Wildman–Crippen LogP) is 2.51. The zero-order valence-corrected chi connectivity index (χ0v) is 19.2. The second kappa shape index (κ2) is 10.7. The Morgan fingerprint density at radius 2 is 1.68 bits per heavy atom. The van der Waals surface area contributed by atoms with Gasteiger partial charge in [0.05, 0.1) is 29.8 Å². The molecular formula is C26H27ClN2O5. The Hall–Kier alpha value is -2.78. The third-order valence-electron chi connectivity index (χ3n) is 5.97. The van der Waals surface area contributed by atoms with E-state index in [-0.39, 0.29) is 25.3 Å². The van der Waals surface area contributed by atoms with E-state index in [1.165, 1.54) is 0 Å². The van der Waals surface area contributed by atoms with Gasteiger partial charge in [-0.25, -0.2) is 0 Å². The number of rotatable bonds is 8. The van der Waals surface area contributed by atoms with Crippen molar-refractivity contribution in [3.8, 4) is 11.1 Å². The highest BCUT2D eigenvalue weighted by atomic mass is 35.5. The molecule has 1 amide bonds. The Morgan fingerprint density at radius 3 is 2.38 bits per heavy atom. The largest absolute Gasteiger partial charge is 0.387 e. The van der Waals surface area contributed by atoms with E-state index in [4.69, 9.17) is 16.3 Å². The number of benzene rings is 3. The van der Waals surface area contributed by atoms with Gasteiger partial charge < -0.3 is 25.4 Å². The molecule has 1 saturated heterocycles. The molecule has 4 atom stereocenters. The van der Waals surface area contributed by atoms with Gasteiger partial charge in [-0.15, -0.1) is 0 Å². The maximum absolute atomic E-state index is 12.4. The summed E-state index contributed by atoms with van der Waals surface area (Å²) < 4.78 is 5.55. The maximum Gasteiger partial charge on any atom is 0.252 e. The second-order valence-electron chi connectivity index (χ2n) is 8.36. The second-order valence-corrected chi connectivity index (χ2v) is 8.77. The van der Waals surface area contributed by atoms with Crippen molar-refractivity contribution in [3.05, 3.63) is 95.0 Å². The minimum atomic E-state index is -1.66. The molecule has 4 rings (SSSR count). The third kappa shape index (κ3) is 5.47. The monoisotopic (exact) mass is 482 g/mol. The minimum Gasteiger partial charge on any atom is -0.387 e. The van der Waals surface area contributed by atoms with Crippen LogP contribution in [-0.4, -0.2) is 58.7 Å². The van der Waals surface area contributed by atoms with Gasteiger partial charge >= 0.3 is 0 Å². The molecule has 0 bridgehead atoms. The number of halogens is 1. The number of amides is 1. The van der Waals surface area contributed by atoms with E-state index < -0.39 is 29.9 Å². The number of nitrogens with one attached hydrogen (secondary N) is 2. The number of carbonyl (C=O) groups excluding carboxylic acids is 1. The van der Waals surface area contributed by atoms with Crippen molar-refractivity contribution in [1.82, 2.24) is 10.6 Å². The fraction of sp³-hybridized carbons (Fsp3) is 0.269. The summed E-state index contributed by atoms with van der Waals surface area (Å²) in [7, 11) is 0. The summed E-state index contributed by atoms with van der Waals surface area (Å²) in [6, 6.07) is 24.0. The van der Waals surface area contributed by atoms with Crippen LogP contribution in [0.2, 0.25) is 5.02 Å². The van der Waals surface area contributed by atoms with Crippen molar-refractivity contribution < 1.29 is 24.9 Å². The van der Waals surface area contributed by atoms with Crippen LogP contribution in [0.4, 0.5) is 0 Å². The van der Waals surface area contributed by atoms with Crippen LogP contribution in [0.15, 0.2) is 78.9 Å². The van der Waals surface area contributed by atoms with Crippen LogP contribution in [-0.2, 0) is 4.74 Å². The van der Waals surface area contributed by atoms with E-state index in [9.17, 15) is 20.1 Å². The maximum atomic E-state index is 12.4. The molecule has 3 aromatic rings. The Kier molecular flexibility index (Phi) is 7.63. The molecule has 178 valence electrons. The van der Waals surface area contributed by atoms with E-state index in [2.05, 4.69) is 10.6 Å². The minimum absolute atomic E-state index is 0.101. The van der Waals surface area contributed by atoms with Crippen molar-refractivity contribution in [2.45, 2.75) is 24.0 Å².